The summed E-state index contributed by atoms with van der Waals surface area (Å²) in [5.41, 5.74) is 7.76. The average molecular weight is 206 g/mol. The Balaban J connectivity index is 2.38. The van der Waals surface area contributed by atoms with Crippen LogP contribution in [0.5, 0.6) is 0 Å². The van der Waals surface area contributed by atoms with Gasteiger partial charge in [0.1, 0.15) is 11.9 Å². The monoisotopic (exact) mass is 206 g/mol. The molecule has 0 bridgehead atoms. The van der Waals surface area contributed by atoms with E-state index < -0.39 is 6.10 Å². The summed E-state index contributed by atoms with van der Waals surface area (Å²) in [7, 11) is 0. The molecule has 15 heavy (non-hydrogen) atoms. The van der Waals surface area contributed by atoms with Gasteiger partial charge in [0.15, 0.2) is 5.65 Å². The van der Waals surface area contributed by atoms with Crippen molar-refractivity contribution in [1.29, 1.82) is 0 Å². The van der Waals surface area contributed by atoms with E-state index in [1.165, 1.54) is 0 Å². The minimum Gasteiger partial charge on any atom is -0.385 e. The lowest BCUT2D eigenvalue weighted by Gasteiger charge is -2.03. The van der Waals surface area contributed by atoms with Crippen molar-refractivity contribution in [3.8, 4) is 0 Å². The largest absolute Gasteiger partial charge is 0.385 e. The van der Waals surface area contributed by atoms with Gasteiger partial charge in [0, 0.05) is 5.69 Å². The van der Waals surface area contributed by atoms with Gasteiger partial charge < -0.3 is 15.8 Å². The third kappa shape index (κ3) is 1.98. The van der Waals surface area contributed by atoms with Gasteiger partial charge in [-0.05, 0) is 32.0 Å². The third-order valence-corrected chi connectivity index (χ3v) is 2.26. The molecule has 0 radical (unpaired) electrons. The van der Waals surface area contributed by atoms with E-state index in [1.807, 2.05) is 19.1 Å². The topological polar surface area (TPSA) is 87.8 Å². The minimum atomic E-state index is -0.635. The quantitative estimate of drug-likeness (QED) is 0.688. The van der Waals surface area contributed by atoms with Gasteiger partial charge in [0.05, 0.1) is 5.52 Å². The van der Waals surface area contributed by atoms with E-state index in [0.717, 1.165) is 11.2 Å². The maximum absolute atomic E-state index is 9.69. The number of rotatable bonds is 3. The summed E-state index contributed by atoms with van der Waals surface area (Å²) in [6.07, 6.45) is -0.136. The number of aryl methyl sites for hydroxylation is 1. The van der Waals surface area contributed by atoms with Gasteiger partial charge in [-0.2, -0.15) is 0 Å². The van der Waals surface area contributed by atoms with E-state index >= 15 is 0 Å². The van der Waals surface area contributed by atoms with Crippen LogP contribution >= 0.6 is 0 Å². The van der Waals surface area contributed by atoms with E-state index in [1.54, 1.807) is 0 Å². The Morgan fingerprint density at radius 1 is 1.47 bits per heavy atom. The van der Waals surface area contributed by atoms with Gasteiger partial charge in [-0.25, -0.2) is 9.97 Å². The highest BCUT2D eigenvalue weighted by Crippen LogP contribution is 2.16. The fraction of sp³-hybridized carbons (Fsp3) is 0.400. The first-order valence-electron chi connectivity index (χ1n) is 4.92. The molecule has 1 unspecified atom stereocenters. The summed E-state index contributed by atoms with van der Waals surface area (Å²) in [6, 6.07) is 3.81. The molecule has 0 spiro atoms. The first-order valence-corrected chi connectivity index (χ1v) is 4.92. The van der Waals surface area contributed by atoms with Crippen molar-refractivity contribution in [2.45, 2.75) is 19.4 Å². The first kappa shape index (κ1) is 10.1. The summed E-state index contributed by atoms with van der Waals surface area (Å²) in [5, 5.41) is 9.69. The number of aliphatic hydroxyl groups excluding tert-OH is 1. The molecule has 0 aliphatic carbocycles. The highest BCUT2D eigenvalue weighted by atomic mass is 16.3. The second kappa shape index (κ2) is 3.96. The lowest BCUT2D eigenvalue weighted by molar-refractivity contribution is 0.162. The zero-order valence-electron chi connectivity index (χ0n) is 8.57. The lowest BCUT2D eigenvalue weighted by atomic mass is 10.2. The predicted octanol–water partition coefficient (Wildman–Crippen LogP) is 0.649. The van der Waals surface area contributed by atoms with Crippen LogP contribution in [-0.2, 0) is 0 Å². The van der Waals surface area contributed by atoms with E-state index in [-0.39, 0.29) is 0 Å². The molecular weight excluding hydrogens is 192 g/mol. The third-order valence-electron chi connectivity index (χ3n) is 2.26. The molecule has 0 aliphatic rings. The normalized spacial score (nSPS) is 13.3. The van der Waals surface area contributed by atoms with E-state index in [9.17, 15) is 5.11 Å². The van der Waals surface area contributed by atoms with Crippen LogP contribution in [-0.4, -0.2) is 26.6 Å². The van der Waals surface area contributed by atoms with Gasteiger partial charge in [-0.1, -0.05) is 0 Å². The lowest BCUT2D eigenvalue weighted by Crippen LogP contribution is -2.07. The van der Waals surface area contributed by atoms with Crippen molar-refractivity contribution in [3.05, 3.63) is 23.7 Å². The average Bonchev–Trinajstić information content (AvgIpc) is 2.60. The Labute approximate surface area is 87.4 Å². The highest BCUT2D eigenvalue weighted by molar-refractivity contribution is 5.70. The van der Waals surface area contributed by atoms with Crippen molar-refractivity contribution in [3.63, 3.8) is 0 Å². The van der Waals surface area contributed by atoms with Gasteiger partial charge in [-0.3, -0.25) is 0 Å². The number of imidazole rings is 1. The molecule has 4 N–H and O–H groups in total. The number of fused-ring (bicyclic) bond motifs is 1. The van der Waals surface area contributed by atoms with Crippen LogP contribution < -0.4 is 5.73 Å². The van der Waals surface area contributed by atoms with Crippen molar-refractivity contribution in [2.24, 2.45) is 5.73 Å². The van der Waals surface area contributed by atoms with Crippen LogP contribution in [0.2, 0.25) is 0 Å². The number of pyridine rings is 1. The molecule has 80 valence electrons. The SMILES string of the molecule is Cc1ccc2[nH]c(C(O)CCN)nc2n1. The molecule has 1 atom stereocenters. The molecule has 0 saturated carbocycles. The predicted molar refractivity (Wildman–Crippen MR) is 57.3 cm³/mol. The molecule has 0 aromatic carbocycles. The maximum Gasteiger partial charge on any atom is 0.178 e. The Bertz CT molecular complexity index is 465. The number of aliphatic hydroxyl groups is 1. The number of nitrogens with two attached hydrogens (primary N) is 1. The second-order valence-electron chi connectivity index (χ2n) is 3.54. The summed E-state index contributed by atoms with van der Waals surface area (Å²) >= 11 is 0. The molecule has 0 aliphatic heterocycles. The van der Waals surface area contributed by atoms with Gasteiger partial charge in [0.25, 0.3) is 0 Å². The van der Waals surface area contributed by atoms with E-state index in [0.29, 0.717) is 24.4 Å². The molecule has 2 aromatic rings. The standard InChI is InChI=1S/C10H14N4O/c1-6-2-3-7-9(12-6)14-10(13-7)8(15)4-5-11/h2-3,8,15H,4-5,11H2,1H3,(H,12,13,14). The zero-order valence-corrected chi connectivity index (χ0v) is 8.57. The molecule has 2 rings (SSSR count). The Kier molecular flexibility index (Phi) is 2.66. The van der Waals surface area contributed by atoms with E-state index in [2.05, 4.69) is 15.0 Å². The van der Waals surface area contributed by atoms with Crippen molar-refractivity contribution in [1.82, 2.24) is 15.0 Å². The smallest absolute Gasteiger partial charge is 0.178 e. The Hall–Kier alpha value is -1.46. The number of nitrogens with zero attached hydrogens (tertiary/aromatic N) is 2. The Morgan fingerprint density at radius 3 is 3.00 bits per heavy atom. The summed E-state index contributed by atoms with van der Waals surface area (Å²) in [5.74, 6) is 0.536. The van der Waals surface area contributed by atoms with Crippen molar-refractivity contribution in [2.75, 3.05) is 6.54 Å². The van der Waals surface area contributed by atoms with Crippen LogP contribution in [0.1, 0.15) is 24.0 Å². The summed E-state index contributed by atoms with van der Waals surface area (Å²) < 4.78 is 0. The van der Waals surface area contributed by atoms with Gasteiger partial charge >= 0.3 is 0 Å². The number of H-pyrrole nitrogens is 1. The number of aromatic amines is 1. The molecule has 2 heterocycles. The van der Waals surface area contributed by atoms with Crippen molar-refractivity contribution >= 4 is 11.2 Å². The highest BCUT2D eigenvalue weighted by Gasteiger charge is 2.12. The molecule has 0 fully saturated rings. The minimum absolute atomic E-state index is 0.435. The van der Waals surface area contributed by atoms with Crippen molar-refractivity contribution < 1.29 is 5.11 Å². The van der Waals surface area contributed by atoms with Crippen LogP contribution in [0.15, 0.2) is 12.1 Å². The molecular formula is C10H14N4O. The van der Waals surface area contributed by atoms with Gasteiger partial charge in [0.2, 0.25) is 0 Å². The van der Waals surface area contributed by atoms with Crippen LogP contribution in [0.3, 0.4) is 0 Å². The summed E-state index contributed by atoms with van der Waals surface area (Å²) in [4.78, 5) is 11.5. The fourth-order valence-electron chi connectivity index (χ4n) is 1.46. The molecule has 5 heteroatoms. The molecule has 5 nitrogen and oxygen atoms in total. The number of hydrogen-bond donors (Lipinski definition) is 3. The molecule has 0 saturated heterocycles. The van der Waals surface area contributed by atoms with Gasteiger partial charge in [-0.15, -0.1) is 0 Å². The molecule has 2 aromatic heterocycles. The van der Waals surface area contributed by atoms with Crippen LogP contribution in [0.4, 0.5) is 0 Å². The zero-order chi connectivity index (χ0) is 10.8. The first-order chi connectivity index (χ1) is 7.20. The molecule has 0 amide bonds. The Morgan fingerprint density at radius 2 is 2.27 bits per heavy atom. The second-order valence-corrected chi connectivity index (χ2v) is 3.54. The van der Waals surface area contributed by atoms with E-state index in [4.69, 9.17) is 5.73 Å². The van der Waals surface area contributed by atoms with Crippen LogP contribution in [0.25, 0.3) is 11.2 Å². The number of hydrogen-bond acceptors (Lipinski definition) is 4. The summed E-state index contributed by atoms with van der Waals surface area (Å²) in [6.45, 7) is 2.34. The maximum atomic E-state index is 9.69. The van der Waals surface area contributed by atoms with Crippen LogP contribution in [0, 0.1) is 6.92 Å². The number of nitrogens with one attached hydrogen (secondary N) is 1. The number of aromatic nitrogens is 3. The fourth-order valence-corrected chi connectivity index (χ4v) is 1.46.